The van der Waals surface area contributed by atoms with E-state index in [0.29, 0.717) is 38.6 Å². The Morgan fingerprint density at radius 2 is 1.68 bits per heavy atom. The summed E-state index contributed by atoms with van der Waals surface area (Å²) in [6.07, 6.45) is 2.41. The molecule has 1 saturated heterocycles. The first-order valence-corrected chi connectivity index (χ1v) is 12.6. The average Bonchev–Trinajstić information content (AvgIpc) is 3.36. The topological polar surface area (TPSA) is 211 Å². The second-order valence-electron chi connectivity index (χ2n) is 9.24. The molecule has 1 aliphatic rings. The highest BCUT2D eigenvalue weighted by Gasteiger charge is 2.38. The van der Waals surface area contributed by atoms with Gasteiger partial charge in [-0.25, -0.2) is 4.79 Å². The molecule has 4 unspecified atom stereocenters. The minimum absolute atomic E-state index is 0.104. The summed E-state index contributed by atoms with van der Waals surface area (Å²) in [5.74, 6) is -3.58. The van der Waals surface area contributed by atoms with Crippen molar-refractivity contribution >= 4 is 29.6 Å². The number of primary amides is 1. The lowest BCUT2D eigenvalue weighted by Crippen LogP contribution is -2.57. The van der Waals surface area contributed by atoms with Crippen LogP contribution in [-0.4, -0.2) is 76.9 Å². The number of rotatable bonds is 15. The summed E-state index contributed by atoms with van der Waals surface area (Å²) < 4.78 is 0. The highest BCUT2D eigenvalue weighted by atomic mass is 16.4. The largest absolute Gasteiger partial charge is 0.480 e. The molecule has 2 rings (SSSR count). The molecule has 1 aromatic carbocycles. The Labute approximate surface area is 216 Å². The lowest BCUT2D eigenvalue weighted by atomic mass is 10.0. The fourth-order valence-electron chi connectivity index (χ4n) is 4.28. The molecule has 12 nitrogen and oxygen atoms in total. The number of nitrogens with two attached hydrogens (primary N) is 3. The van der Waals surface area contributed by atoms with Crippen LogP contribution in [0.5, 0.6) is 0 Å². The summed E-state index contributed by atoms with van der Waals surface area (Å²) in [7, 11) is 0. The first kappa shape index (κ1) is 29.7. The molecule has 1 aromatic rings. The maximum atomic E-state index is 13.4. The molecule has 9 N–H and O–H groups in total. The molecule has 0 radical (unpaired) electrons. The van der Waals surface area contributed by atoms with E-state index < -0.39 is 53.8 Å². The second kappa shape index (κ2) is 14.9. The zero-order chi connectivity index (χ0) is 27.4. The quantitative estimate of drug-likeness (QED) is 0.158. The Hall–Kier alpha value is -3.51. The molecular weight excluding hydrogens is 480 g/mol. The van der Waals surface area contributed by atoms with E-state index in [4.69, 9.17) is 17.2 Å². The van der Waals surface area contributed by atoms with Crippen molar-refractivity contribution in [1.82, 2.24) is 15.5 Å². The summed E-state index contributed by atoms with van der Waals surface area (Å²) in [5.41, 5.74) is 17.5. The molecule has 0 spiro atoms. The number of aliphatic carboxylic acids is 1. The van der Waals surface area contributed by atoms with E-state index in [1.165, 1.54) is 4.90 Å². The van der Waals surface area contributed by atoms with Crippen molar-refractivity contribution in [2.24, 2.45) is 17.2 Å². The molecule has 204 valence electrons. The molecule has 4 amide bonds. The molecule has 0 bridgehead atoms. The summed E-state index contributed by atoms with van der Waals surface area (Å²) >= 11 is 0. The smallest absolute Gasteiger partial charge is 0.326 e. The number of carbonyl (C=O) groups excluding carboxylic acids is 4. The lowest BCUT2D eigenvalue weighted by Gasteiger charge is -2.29. The van der Waals surface area contributed by atoms with E-state index in [9.17, 15) is 29.1 Å². The number of amides is 4. The highest BCUT2D eigenvalue weighted by molar-refractivity contribution is 5.94. The van der Waals surface area contributed by atoms with Gasteiger partial charge in [0.1, 0.15) is 18.1 Å². The zero-order valence-corrected chi connectivity index (χ0v) is 20.9. The van der Waals surface area contributed by atoms with Gasteiger partial charge in [0.05, 0.1) is 6.04 Å². The molecule has 0 aliphatic carbocycles. The third-order valence-corrected chi connectivity index (χ3v) is 6.34. The monoisotopic (exact) mass is 518 g/mol. The van der Waals surface area contributed by atoms with E-state index in [-0.39, 0.29) is 25.8 Å². The number of benzene rings is 1. The van der Waals surface area contributed by atoms with E-state index in [2.05, 4.69) is 10.6 Å². The minimum Gasteiger partial charge on any atom is -0.480 e. The molecule has 12 heteroatoms. The third-order valence-electron chi connectivity index (χ3n) is 6.34. The van der Waals surface area contributed by atoms with Crippen molar-refractivity contribution in [2.45, 2.75) is 75.5 Å². The Morgan fingerprint density at radius 1 is 1.00 bits per heavy atom. The molecule has 0 saturated carbocycles. The van der Waals surface area contributed by atoms with Gasteiger partial charge in [0.25, 0.3) is 0 Å². The predicted molar refractivity (Wildman–Crippen MR) is 136 cm³/mol. The Balaban J connectivity index is 2.21. The van der Waals surface area contributed by atoms with Gasteiger partial charge in [-0.05, 0) is 44.2 Å². The zero-order valence-electron chi connectivity index (χ0n) is 20.9. The van der Waals surface area contributed by atoms with Gasteiger partial charge in [0, 0.05) is 19.4 Å². The molecule has 0 aromatic heterocycles. The van der Waals surface area contributed by atoms with Crippen LogP contribution in [0, 0.1) is 0 Å². The van der Waals surface area contributed by atoms with Crippen LogP contribution in [0.4, 0.5) is 0 Å². The fourth-order valence-corrected chi connectivity index (χ4v) is 4.28. The number of carbonyl (C=O) groups is 5. The molecule has 37 heavy (non-hydrogen) atoms. The van der Waals surface area contributed by atoms with Gasteiger partial charge in [0.15, 0.2) is 0 Å². The molecule has 1 heterocycles. The van der Waals surface area contributed by atoms with Crippen molar-refractivity contribution in [3.63, 3.8) is 0 Å². The van der Waals surface area contributed by atoms with E-state index in [0.717, 1.165) is 5.56 Å². The minimum atomic E-state index is -1.19. The van der Waals surface area contributed by atoms with Crippen LogP contribution in [0.2, 0.25) is 0 Å². The summed E-state index contributed by atoms with van der Waals surface area (Å²) in [4.78, 5) is 63.6. The Bertz CT molecular complexity index is 943. The number of nitrogens with one attached hydrogen (secondary N) is 2. The van der Waals surface area contributed by atoms with E-state index >= 15 is 0 Å². The number of carboxylic acids is 1. The Kier molecular flexibility index (Phi) is 12.0. The van der Waals surface area contributed by atoms with Gasteiger partial charge in [-0.1, -0.05) is 36.8 Å². The first-order chi connectivity index (χ1) is 17.6. The number of likely N-dealkylation sites (tertiary alicyclic amines) is 1. The van der Waals surface area contributed by atoms with Crippen LogP contribution >= 0.6 is 0 Å². The number of unbranched alkanes of at least 4 members (excludes halogenated alkanes) is 1. The van der Waals surface area contributed by atoms with Crippen LogP contribution in [0.3, 0.4) is 0 Å². The van der Waals surface area contributed by atoms with Gasteiger partial charge in [-0.2, -0.15) is 0 Å². The summed E-state index contributed by atoms with van der Waals surface area (Å²) in [6, 6.07) is 4.90. The van der Waals surface area contributed by atoms with Crippen LogP contribution in [0.25, 0.3) is 0 Å². The van der Waals surface area contributed by atoms with Crippen molar-refractivity contribution in [3.05, 3.63) is 35.9 Å². The normalized spacial score (nSPS) is 17.5. The van der Waals surface area contributed by atoms with E-state index in [1.54, 1.807) is 24.3 Å². The van der Waals surface area contributed by atoms with Gasteiger partial charge >= 0.3 is 5.97 Å². The van der Waals surface area contributed by atoms with E-state index in [1.807, 2.05) is 6.07 Å². The first-order valence-electron chi connectivity index (χ1n) is 12.6. The SMILES string of the molecule is NCCCCC(N)C(=O)NC(Cc1ccccc1)C(=O)NC(CCC(N)=O)C(=O)N1CCCC1C(=O)O. The van der Waals surface area contributed by atoms with Gasteiger partial charge in [-0.15, -0.1) is 0 Å². The van der Waals surface area contributed by atoms with Gasteiger partial charge in [-0.3, -0.25) is 19.2 Å². The predicted octanol–water partition coefficient (Wildman–Crippen LogP) is -1.00. The van der Waals surface area contributed by atoms with Crippen molar-refractivity contribution in [1.29, 1.82) is 0 Å². The molecular formula is C25H38N6O6. The number of hydrogen-bond acceptors (Lipinski definition) is 7. The third kappa shape index (κ3) is 9.47. The van der Waals surface area contributed by atoms with Crippen molar-refractivity contribution in [3.8, 4) is 0 Å². The Morgan fingerprint density at radius 3 is 2.30 bits per heavy atom. The molecule has 1 fully saturated rings. The standard InChI is InChI=1S/C25H38N6O6/c26-13-5-4-9-17(27)22(33)30-19(15-16-7-2-1-3-8-16)23(34)29-18(11-12-21(28)32)24(35)31-14-6-10-20(31)25(36)37/h1-3,7-8,17-20H,4-6,9-15,26-27H2,(H2,28,32)(H,29,34)(H,30,33)(H,36,37). The number of hydrogen-bond donors (Lipinski definition) is 6. The van der Waals surface area contributed by atoms with Crippen LogP contribution in [0.15, 0.2) is 30.3 Å². The van der Waals surface area contributed by atoms with Crippen molar-refractivity contribution in [2.75, 3.05) is 13.1 Å². The van der Waals surface area contributed by atoms with Crippen molar-refractivity contribution < 1.29 is 29.1 Å². The van der Waals surface area contributed by atoms with Crippen LogP contribution in [0.1, 0.15) is 50.5 Å². The van der Waals surface area contributed by atoms with Crippen LogP contribution < -0.4 is 27.8 Å². The molecule has 4 atom stereocenters. The summed E-state index contributed by atoms with van der Waals surface area (Å²) in [6.45, 7) is 0.703. The maximum absolute atomic E-state index is 13.4. The second-order valence-corrected chi connectivity index (χ2v) is 9.24. The van der Waals surface area contributed by atoms with Crippen LogP contribution in [-0.2, 0) is 30.4 Å². The number of carboxylic acid groups (broad SMARTS) is 1. The van der Waals surface area contributed by atoms with Gasteiger partial charge in [0.2, 0.25) is 23.6 Å². The highest BCUT2D eigenvalue weighted by Crippen LogP contribution is 2.20. The molecule has 1 aliphatic heterocycles. The number of nitrogens with zero attached hydrogens (tertiary/aromatic N) is 1. The fraction of sp³-hybridized carbons (Fsp3) is 0.560. The average molecular weight is 519 g/mol. The maximum Gasteiger partial charge on any atom is 0.326 e. The lowest BCUT2D eigenvalue weighted by molar-refractivity contribution is -0.149. The summed E-state index contributed by atoms with van der Waals surface area (Å²) in [5, 5.41) is 14.8. The van der Waals surface area contributed by atoms with Gasteiger partial charge < -0.3 is 37.8 Å².